The van der Waals surface area contributed by atoms with Crippen molar-refractivity contribution in [1.29, 1.82) is 0 Å². The van der Waals surface area contributed by atoms with Crippen molar-refractivity contribution in [2.75, 3.05) is 0 Å². The van der Waals surface area contributed by atoms with E-state index in [-0.39, 0.29) is 11.9 Å². The second-order valence-electron chi connectivity index (χ2n) is 8.58. The van der Waals surface area contributed by atoms with Gasteiger partial charge in [-0.05, 0) is 78.1 Å². The molecule has 2 nitrogen and oxygen atoms in total. The molecule has 0 spiro atoms. The van der Waals surface area contributed by atoms with Crippen LogP contribution in [-0.2, 0) is 15.1 Å². The third-order valence-electron chi connectivity index (χ3n) is 6.42. The third-order valence-corrected chi connectivity index (χ3v) is 7.28. The zero-order valence-electron chi connectivity index (χ0n) is 16.9. The average molecular weight is 431 g/mol. The number of hydrogen-bond donors (Lipinski definition) is 0. The number of esters is 1. The first-order valence-corrected chi connectivity index (χ1v) is 11.0. The van der Waals surface area contributed by atoms with Gasteiger partial charge in [0.1, 0.15) is 5.60 Å². The van der Waals surface area contributed by atoms with Gasteiger partial charge in [-0.15, -0.1) is 0 Å². The Balaban J connectivity index is 1.71. The van der Waals surface area contributed by atoms with Crippen LogP contribution in [0.25, 0.3) is 10.8 Å². The summed E-state index contributed by atoms with van der Waals surface area (Å²) in [5.41, 5.74) is 0.357. The standard InChI is InChI=1S/C24H31BrO2/c1-5-16(2)17-10-12-19(13-11-17)23(26)27-24(3,4)21-15-14-18-8-6-7-9-20(18)22(21)25/h6-9,14-17,19H,5,10-13H2,1-4H3. The zero-order chi connectivity index (χ0) is 19.6. The lowest BCUT2D eigenvalue weighted by atomic mass is 9.75. The molecule has 0 aliphatic heterocycles. The van der Waals surface area contributed by atoms with Crippen molar-refractivity contribution < 1.29 is 9.53 Å². The van der Waals surface area contributed by atoms with E-state index in [1.54, 1.807) is 0 Å². The largest absolute Gasteiger partial charge is 0.455 e. The maximum Gasteiger partial charge on any atom is 0.309 e. The van der Waals surface area contributed by atoms with Gasteiger partial charge in [0.05, 0.1) is 5.92 Å². The van der Waals surface area contributed by atoms with Crippen LogP contribution in [0.2, 0.25) is 0 Å². The lowest BCUT2D eigenvalue weighted by molar-refractivity contribution is -0.164. The molecule has 0 saturated heterocycles. The third kappa shape index (κ3) is 4.39. The van der Waals surface area contributed by atoms with Crippen LogP contribution in [0.5, 0.6) is 0 Å². The highest BCUT2D eigenvalue weighted by atomic mass is 79.9. The van der Waals surface area contributed by atoms with Crippen LogP contribution in [0.3, 0.4) is 0 Å². The number of ether oxygens (including phenoxy) is 1. The van der Waals surface area contributed by atoms with Crippen LogP contribution in [0.4, 0.5) is 0 Å². The zero-order valence-corrected chi connectivity index (χ0v) is 18.5. The minimum Gasteiger partial charge on any atom is -0.455 e. The summed E-state index contributed by atoms with van der Waals surface area (Å²) in [6.07, 6.45) is 5.44. The molecule has 1 saturated carbocycles. The normalized spacial score (nSPS) is 21.8. The molecule has 0 radical (unpaired) electrons. The molecule has 3 rings (SSSR count). The summed E-state index contributed by atoms with van der Waals surface area (Å²) in [6.45, 7) is 8.58. The number of benzene rings is 2. The van der Waals surface area contributed by atoms with Crippen molar-refractivity contribution >= 4 is 32.7 Å². The Morgan fingerprint density at radius 2 is 1.81 bits per heavy atom. The number of carbonyl (C=O) groups excluding carboxylic acids is 1. The van der Waals surface area contributed by atoms with Gasteiger partial charge in [-0.1, -0.05) is 56.7 Å². The van der Waals surface area contributed by atoms with Crippen LogP contribution < -0.4 is 0 Å². The van der Waals surface area contributed by atoms with Crippen molar-refractivity contribution in [3.63, 3.8) is 0 Å². The van der Waals surface area contributed by atoms with E-state index in [0.29, 0.717) is 0 Å². The van der Waals surface area contributed by atoms with E-state index in [0.717, 1.165) is 52.9 Å². The van der Waals surface area contributed by atoms with E-state index in [9.17, 15) is 4.79 Å². The van der Waals surface area contributed by atoms with Gasteiger partial charge < -0.3 is 4.74 Å². The van der Waals surface area contributed by atoms with Crippen LogP contribution >= 0.6 is 15.9 Å². The minimum atomic E-state index is -0.659. The van der Waals surface area contributed by atoms with E-state index in [1.807, 2.05) is 26.0 Å². The minimum absolute atomic E-state index is 0.0392. The Labute approximate surface area is 171 Å². The van der Waals surface area contributed by atoms with Crippen molar-refractivity contribution in [3.8, 4) is 0 Å². The van der Waals surface area contributed by atoms with Gasteiger partial charge in [0.15, 0.2) is 0 Å². The first-order valence-electron chi connectivity index (χ1n) is 10.2. The first kappa shape index (κ1) is 20.4. The van der Waals surface area contributed by atoms with Gasteiger partial charge in [0.25, 0.3) is 0 Å². The highest BCUT2D eigenvalue weighted by Gasteiger charge is 2.34. The Morgan fingerprint density at radius 1 is 1.15 bits per heavy atom. The van der Waals surface area contributed by atoms with Gasteiger partial charge in [-0.25, -0.2) is 0 Å². The van der Waals surface area contributed by atoms with Crippen molar-refractivity contribution in [2.24, 2.45) is 17.8 Å². The fourth-order valence-electron chi connectivity index (χ4n) is 4.35. The lowest BCUT2D eigenvalue weighted by Gasteiger charge is -2.34. The van der Waals surface area contributed by atoms with Gasteiger partial charge in [0.2, 0.25) is 0 Å². The van der Waals surface area contributed by atoms with E-state index in [1.165, 1.54) is 11.8 Å². The molecule has 27 heavy (non-hydrogen) atoms. The Bertz CT molecular complexity index is 803. The molecule has 1 aliphatic rings. The fourth-order valence-corrected chi connectivity index (χ4v) is 5.32. The van der Waals surface area contributed by atoms with E-state index < -0.39 is 5.60 Å². The monoisotopic (exact) mass is 430 g/mol. The molecule has 3 heteroatoms. The fraction of sp³-hybridized carbons (Fsp3) is 0.542. The number of rotatable bonds is 5. The maximum absolute atomic E-state index is 12.9. The molecule has 0 bridgehead atoms. The second kappa shape index (κ2) is 8.34. The maximum atomic E-state index is 12.9. The predicted molar refractivity (Wildman–Crippen MR) is 116 cm³/mol. The number of carbonyl (C=O) groups is 1. The highest BCUT2D eigenvalue weighted by Crippen LogP contribution is 2.39. The number of fused-ring (bicyclic) bond motifs is 1. The summed E-state index contributed by atoms with van der Waals surface area (Å²) in [5.74, 6) is 1.53. The lowest BCUT2D eigenvalue weighted by Crippen LogP contribution is -2.32. The van der Waals surface area contributed by atoms with Gasteiger partial charge in [-0.2, -0.15) is 0 Å². The molecule has 0 aromatic heterocycles. The molecular formula is C24H31BrO2. The van der Waals surface area contributed by atoms with Crippen LogP contribution in [0, 0.1) is 17.8 Å². The van der Waals surface area contributed by atoms with Crippen molar-refractivity contribution in [1.82, 2.24) is 0 Å². The predicted octanol–water partition coefficient (Wildman–Crippen LogP) is 7.23. The molecule has 0 N–H and O–H groups in total. The van der Waals surface area contributed by atoms with Gasteiger partial charge in [0, 0.05) is 10.0 Å². The molecule has 1 fully saturated rings. The van der Waals surface area contributed by atoms with Crippen molar-refractivity contribution in [2.45, 2.75) is 65.4 Å². The molecule has 1 atom stereocenters. The molecule has 1 unspecified atom stereocenters. The van der Waals surface area contributed by atoms with E-state index in [4.69, 9.17) is 4.74 Å². The Kier molecular flexibility index (Phi) is 6.30. The highest BCUT2D eigenvalue weighted by molar-refractivity contribution is 9.10. The SMILES string of the molecule is CCC(C)C1CCC(C(=O)OC(C)(C)c2ccc3ccccc3c2Br)CC1. The van der Waals surface area contributed by atoms with Gasteiger partial charge >= 0.3 is 5.97 Å². The molecule has 0 amide bonds. The van der Waals surface area contributed by atoms with E-state index in [2.05, 4.69) is 54.0 Å². The molecule has 2 aromatic carbocycles. The van der Waals surface area contributed by atoms with E-state index >= 15 is 0 Å². The second-order valence-corrected chi connectivity index (χ2v) is 9.37. The summed E-state index contributed by atoms with van der Waals surface area (Å²) in [6, 6.07) is 12.4. The number of hydrogen-bond acceptors (Lipinski definition) is 2. The summed E-state index contributed by atoms with van der Waals surface area (Å²) in [7, 11) is 0. The Morgan fingerprint density at radius 3 is 2.48 bits per heavy atom. The van der Waals surface area contributed by atoms with Crippen molar-refractivity contribution in [3.05, 3.63) is 46.4 Å². The van der Waals surface area contributed by atoms with Crippen LogP contribution in [0.1, 0.15) is 65.4 Å². The summed E-state index contributed by atoms with van der Waals surface area (Å²) < 4.78 is 7.06. The van der Waals surface area contributed by atoms with Crippen LogP contribution in [0.15, 0.2) is 40.9 Å². The molecule has 0 heterocycles. The molecular weight excluding hydrogens is 400 g/mol. The number of halogens is 1. The Hall–Kier alpha value is -1.35. The molecule has 2 aromatic rings. The average Bonchev–Trinajstić information content (AvgIpc) is 2.67. The molecule has 1 aliphatic carbocycles. The summed E-state index contributed by atoms with van der Waals surface area (Å²) >= 11 is 3.74. The van der Waals surface area contributed by atoms with Crippen LogP contribution in [-0.4, -0.2) is 5.97 Å². The smallest absolute Gasteiger partial charge is 0.309 e. The summed E-state index contributed by atoms with van der Waals surface area (Å²) in [5, 5.41) is 2.33. The first-order chi connectivity index (χ1) is 12.8. The van der Waals surface area contributed by atoms with Gasteiger partial charge in [-0.3, -0.25) is 4.79 Å². The quantitative estimate of drug-likeness (QED) is 0.467. The molecule has 146 valence electrons. The summed E-state index contributed by atoms with van der Waals surface area (Å²) in [4.78, 5) is 12.9. The topological polar surface area (TPSA) is 26.3 Å².